The molecule has 1 aliphatic heterocycles. The molecule has 1 aromatic rings. The largest absolute Gasteiger partial charge is 0.355 e. The highest BCUT2D eigenvalue weighted by Crippen LogP contribution is 2.06. The Bertz CT molecular complexity index is 556. The number of nitrogens with zero attached hydrogens (tertiary/aromatic N) is 2. The van der Waals surface area contributed by atoms with E-state index >= 15 is 0 Å². The van der Waals surface area contributed by atoms with Crippen LogP contribution in [0.2, 0.25) is 0 Å². The first-order chi connectivity index (χ1) is 10.1. The minimum atomic E-state index is -0.194. The van der Waals surface area contributed by atoms with Crippen LogP contribution in [-0.4, -0.2) is 54.4 Å². The number of pyridine rings is 1. The summed E-state index contributed by atoms with van der Waals surface area (Å²) in [7, 11) is 1.57. The molecule has 1 fully saturated rings. The summed E-state index contributed by atoms with van der Waals surface area (Å²) in [6.07, 6.45) is 6.34. The summed E-state index contributed by atoms with van der Waals surface area (Å²) in [5, 5.41) is 5.84. The second-order valence-electron chi connectivity index (χ2n) is 5.06. The highest BCUT2D eigenvalue weighted by Gasteiger charge is 2.18. The first-order valence-corrected chi connectivity index (χ1v) is 6.97. The number of aromatic nitrogens is 1. The van der Waals surface area contributed by atoms with Crippen molar-refractivity contribution in [3.63, 3.8) is 0 Å². The normalized spacial score (nSPS) is 18.8. The predicted octanol–water partition coefficient (Wildman–Crippen LogP) is 0.275. The maximum atomic E-state index is 12.1. The van der Waals surface area contributed by atoms with Crippen LogP contribution < -0.4 is 10.6 Å². The first kappa shape index (κ1) is 15.2. The zero-order valence-corrected chi connectivity index (χ0v) is 12.3. The molecule has 0 spiro atoms. The lowest BCUT2D eigenvalue weighted by atomic mass is 10.1. The van der Waals surface area contributed by atoms with E-state index < -0.39 is 0 Å². The van der Waals surface area contributed by atoms with Crippen LogP contribution in [0.4, 0.5) is 0 Å². The Labute approximate surface area is 124 Å². The summed E-state index contributed by atoms with van der Waals surface area (Å²) >= 11 is 0. The van der Waals surface area contributed by atoms with Crippen molar-refractivity contribution in [1.29, 1.82) is 0 Å². The maximum absolute atomic E-state index is 12.1. The average Bonchev–Trinajstić information content (AvgIpc) is 2.52. The van der Waals surface area contributed by atoms with Crippen LogP contribution in [0, 0.1) is 0 Å². The molecule has 2 N–H and O–H groups in total. The highest BCUT2D eigenvalue weighted by atomic mass is 16.2. The minimum Gasteiger partial charge on any atom is -0.355 e. The zero-order valence-electron chi connectivity index (χ0n) is 12.3. The van der Waals surface area contributed by atoms with Crippen LogP contribution in [-0.2, 0) is 4.79 Å². The van der Waals surface area contributed by atoms with E-state index in [-0.39, 0.29) is 11.8 Å². The Kier molecular flexibility index (Phi) is 5.05. The van der Waals surface area contributed by atoms with E-state index in [1.165, 1.54) is 12.3 Å². The van der Waals surface area contributed by atoms with Crippen LogP contribution in [0.3, 0.4) is 0 Å². The van der Waals surface area contributed by atoms with E-state index in [1.54, 1.807) is 25.4 Å². The van der Waals surface area contributed by atoms with Gasteiger partial charge in [-0.05, 0) is 24.6 Å². The third-order valence-electron chi connectivity index (χ3n) is 3.35. The predicted molar refractivity (Wildman–Crippen MR) is 80.7 cm³/mol. The molecule has 0 aromatic carbocycles. The fourth-order valence-corrected chi connectivity index (χ4v) is 2.22. The van der Waals surface area contributed by atoms with Crippen molar-refractivity contribution in [2.24, 2.45) is 0 Å². The fourth-order valence-electron chi connectivity index (χ4n) is 2.22. The third kappa shape index (κ3) is 4.13. The number of piperazine rings is 1. The molecule has 2 rings (SSSR count). The molecular weight excluding hydrogens is 268 g/mol. The molecule has 21 heavy (non-hydrogen) atoms. The van der Waals surface area contributed by atoms with Gasteiger partial charge in [0.1, 0.15) is 0 Å². The number of hydrogen-bond donors (Lipinski definition) is 2. The van der Waals surface area contributed by atoms with Gasteiger partial charge in [0, 0.05) is 51.2 Å². The summed E-state index contributed by atoms with van der Waals surface area (Å²) in [5.41, 5.74) is 1.20. The topological polar surface area (TPSA) is 74.3 Å². The summed E-state index contributed by atoms with van der Waals surface area (Å²) in [4.78, 5) is 29.5. The summed E-state index contributed by atoms with van der Waals surface area (Å²) in [6.45, 7) is 4.29. The molecule has 2 heterocycles. The lowest BCUT2D eigenvalue weighted by molar-refractivity contribution is -0.127. The molecule has 1 unspecified atom stereocenters. The minimum absolute atomic E-state index is 0.0197. The van der Waals surface area contributed by atoms with E-state index in [4.69, 9.17) is 0 Å². The van der Waals surface area contributed by atoms with Crippen molar-refractivity contribution in [3.8, 4) is 0 Å². The lowest BCUT2D eigenvalue weighted by Gasteiger charge is -2.31. The van der Waals surface area contributed by atoms with Crippen molar-refractivity contribution >= 4 is 17.9 Å². The van der Waals surface area contributed by atoms with Gasteiger partial charge in [0.2, 0.25) is 5.91 Å². The molecule has 0 aliphatic carbocycles. The molecule has 0 bridgehead atoms. The van der Waals surface area contributed by atoms with Gasteiger partial charge >= 0.3 is 0 Å². The quantitative estimate of drug-likeness (QED) is 0.783. The number of carbonyl (C=O) groups is 2. The Morgan fingerprint density at radius 3 is 3.00 bits per heavy atom. The first-order valence-electron chi connectivity index (χ1n) is 6.97. The summed E-state index contributed by atoms with van der Waals surface area (Å²) in [5.74, 6) is -0.214. The van der Waals surface area contributed by atoms with Crippen LogP contribution in [0.5, 0.6) is 0 Å². The van der Waals surface area contributed by atoms with Gasteiger partial charge < -0.3 is 15.5 Å². The van der Waals surface area contributed by atoms with Crippen LogP contribution in [0.25, 0.3) is 6.08 Å². The standard InChI is InChI=1S/C15H20N4O2/c1-11-10-19(6-5-18-11)14(20)4-3-12-7-13(9-17-8-12)15(21)16-2/h3-4,7-9,11,18H,5-6,10H2,1-2H3,(H,16,21)/b4-3+. The fraction of sp³-hybridized carbons (Fsp3) is 0.400. The second-order valence-corrected chi connectivity index (χ2v) is 5.06. The Morgan fingerprint density at radius 1 is 1.48 bits per heavy atom. The molecule has 2 amide bonds. The SMILES string of the molecule is CNC(=O)c1cncc(/C=C/C(=O)N2CCNC(C)C2)c1. The number of nitrogens with one attached hydrogen (secondary N) is 2. The van der Waals surface area contributed by atoms with E-state index in [0.717, 1.165) is 12.1 Å². The zero-order chi connectivity index (χ0) is 15.2. The van der Waals surface area contributed by atoms with Crippen LogP contribution >= 0.6 is 0 Å². The maximum Gasteiger partial charge on any atom is 0.252 e. The van der Waals surface area contributed by atoms with Crippen molar-refractivity contribution in [2.75, 3.05) is 26.7 Å². The molecular formula is C15H20N4O2. The molecule has 6 heteroatoms. The Morgan fingerprint density at radius 2 is 2.29 bits per heavy atom. The van der Waals surface area contributed by atoms with Crippen LogP contribution in [0.1, 0.15) is 22.8 Å². The summed E-state index contributed by atoms with van der Waals surface area (Å²) < 4.78 is 0. The van der Waals surface area contributed by atoms with E-state index in [9.17, 15) is 9.59 Å². The lowest BCUT2D eigenvalue weighted by Crippen LogP contribution is -2.50. The average molecular weight is 288 g/mol. The second kappa shape index (κ2) is 6.99. The third-order valence-corrected chi connectivity index (χ3v) is 3.35. The van der Waals surface area contributed by atoms with Crippen molar-refractivity contribution in [3.05, 3.63) is 35.7 Å². The number of hydrogen-bond acceptors (Lipinski definition) is 4. The molecule has 0 saturated carbocycles. The van der Waals surface area contributed by atoms with Gasteiger partial charge in [-0.2, -0.15) is 0 Å². The Balaban J connectivity index is 2.03. The van der Waals surface area contributed by atoms with Crippen LogP contribution in [0.15, 0.2) is 24.5 Å². The van der Waals surface area contributed by atoms with Gasteiger partial charge in [-0.15, -0.1) is 0 Å². The number of rotatable bonds is 3. The van der Waals surface area contributed by atoms with Gasteiger partial charge in [-0.3, -0.25) is 14.6 Å². The summed E-state index contributed by atoms with van der Waals surface area (Å²) in [6, 6.07) is 2.02. The van der Waals surface area contributed by atoms with E-state index in [1.807, 2.05) is 4.90 Å². The molecule has 1 saturated heterocycles. The van der Waals surface area contributed by atoms with E-state index in [0.29, 0.717) is 24.7 Å². The molecule has 0 radical (unpaired) electrons. The molecule has 1 aliphatic rings. The van der Waals surface area contributed by atoms with E-state index in [2.05, 4.69) is 22.5 Å². The van der Waals surface area contributed by atoms with Gasteiger partial charge in [0.25, 0.3) is 5.91 Å². The van der Waals surface area contributed by atoms with Gasteiger partial charge in [-0.1, -0.05) is 0 Å². The van der Waals surface area contributed by atoms with Crippen molar-refractivity contribution in [2.45, 2.75) is 13.0 Å². The smallest absolute Gasteiger partial charge is 0.252 e. The highest BCUT2D eigenvalue weighted by molar-refractivity contribution is 5.95. The number of amides is 2. The van der Waals surface area contributed by atoms with Gasteiger partial charge in [0.15, 0.2) is 0 Å². The van der Waals surface area contributed by atoms with Crippen molar-refractivity contribution < 1.29 is 9.59 Å². The molecule has 112 valence electrons. The van der Waals surface area contributed by atoms with Gasteiger partial charge in [-0.25, -0.2) is 0 Å². The van der Waals surface area contributed by atoms with Gasteiger partial charge in [0.05, 0.1) is 5.56 Å². The monoisotopic (exact) mass is 288 g/mol. The number of carbonyl (C=O) groups excluding carboxylic acids is 2. The molecule has 1 atom stereocenters. The Hall–Kier alpha value is -2.21. The van der Waals surface area contributed by atoms with Crippen molar-refractivity contribution in [1.82, 2.24) is 20.5 Å². The molecule has 6 nitrogen and oxygen atoms in total. The molecule has 1 aromatic heterocycles.